The molecule has 1 fully saturated rings. The van der Waals surface area contributed by atoms with Crippen molar-refractivity contribution in [1.82, 2.24) is 4.98 Å². The predicted molar refractivity (Wildman–Crippen MR) is 109 cm³/mol. The Labute approximate surface area is 166 Å². The van der Waals surface area contributed by atoms with Crippen molar-refractivity contribution in [3.8, 4) is 0 Å². The van der Waals surface area contributed by atoms with E-state index in [-0.39, 0.29) is 6.42 Å². The molecule has 0 radical (unpaired) electrons. The lowest BCUT2D eigenvalue weighted by Crippen LogP contribution is -2.57. The second-order valence-corrected chi connectivity index (χ2v) is 9.43. The zero-order valence-electron chi connectivity index (χ0n) is 16.2. The number of nitrogens with zero attached hydrogens (tertiary/aromatic N) is 1. The van der Waals surface area contributed by atoms with Crippen molar-refractivity contribution >= 4 is 17.7 Å². The molecule has 0 saturated heterocycles. The van der Waals surface area contributed by atoms with E-state index in [1.807, 2.05) is 6.07 Å². The van der Waals surface area contributed by atoms with E-state index in [4.69, 9.17) is 5.73 Å². The molecule has 1 heterocycles. The van der Waals surface area contributed by atoms with Gasteiger partial charge < -0.3 is 15.9 Å². The standard InChI is InChI=1S/C21H32N2O3S/c1-2-9-27-13-19(22)21(26,20(24)25)12-18-17-11-15(6-5-14-3-4-14)10-16(17)7-8-23-18/h7-8,14-15,19,26H,2-6,9-13,22H2,1H3,(H,24,25)/t15-,19+,21?/m1/s1. The van der Waals surface area contributed by atoms with Crippen LogP contribution in [0.4, 0.5) is 0 Å². The van der Waals surface area contributed by atoms with Crippen LogP contribution in [0.25, 0.3) is 0 Å². The molecule has 1 saturated carbocycles. The molecule has 0 aromatic carbocycles. The minimum absolute atomic E-state index is 0.0191. The van der Waals surface area contributed by atoms with Gasteiger partial charge in [-0.2, -0.15) is 11.8 Å². The lowest BCUT2D eigenvalue weighted by Gasteiger charge is -2.30. The lowest BCUT2D eigenvalue weighted by atomic mass is 9.88. The molecule has 0 spiro atoms. The van der Waals surface area contributed by atoms with Crippen LogP contribution >= 0.6 is 11.8 Å². The lowest BCUT2D eigenvalue weighted by molar-refractivity contribution is -0.160. The molecule has 1 aromatic rings. The quantitative estimate of drug-likeness (QED) is 0.501. The molecular formula is C21H32N2O3S. The molecular weight excluding hydrogens is 360 g/mol. The molecule has 3 rings (SSSR count). The van der Waals surface area contributed by atoms with E-state index < -0.39 is 17.6 Å². The fraction of sp³-hybridized carbons (Fsp3) is 0.714. The average molecular weight is 393 g/mol. The zero-order chi connectivity index (χ0) is 19.4. The third-order valence-electron chi connectivity index (χ3n) is 5.99. The number of hydrogen-bond donors (Lipinski definition) is 3. The van der Waals surface area contributed by atoms with Crippen molar-refractivity contribution in [2.45, 2.75) is 69.9 Å². The molecule has 3 atom stereocenters. The summed E-state index contributed by atoms with van der Waals surface area (Å²) in [5, 5.41) is 20.6. The Bertz CT molecular complexity index is 665. The number of aliphatic carboxylic acids is 1. The summed E-state index contributed by atoms with van der Waals surface area (Å²) in [4.78, 5) is 16.3. The van der Waals surface area contributed by atoms with Gasteiger partial charge in [0, 0.05) is 24.1 Å². The number of thioether (sulfide) groups is 1. The molecule has 0 aliphatic heterocycles. The first-order valence-electron chi connectivity index (χ1n) is 10.2. The topological polar surface area (TPSA) is 96.4 Å². The summed E-state index contributed by atoms with van der Waals surface area (Å²) in [7, 11) is 0. The zero-order valence-corrected chi connectivity index (χ0v) is 17.0. The molecule has 150 valence electrons. The van der Waals surface area contributed by atoms with Gasteiger partial charge in [-0.25, -0.2) is 4.79 Å². The highest BCUT2D eigenvalue weighted by molar-refractivity contribution is 7.99. The van der Waals surface area contributed by atoms with Crippen LogP contribution in [0.3, 0.4) is 0 Å². The molecule has 2 aliphatic rings. The summed E-state index contributed by atoms with van der Waals surface area (Å²) in [6, 6.07) is 1.23. The number of aliphatic hydroxyl groups is 1. The van der Waals surface area contributed by atoms with Gasteiger partial charge in [-0.05, 0) is 60.5 Å². The second-order valence-electron chi connectivity index (χ2n) is 8.28. The summed E-state index contributed by atoms with van der Waals surface area (Å²) >= 11 is 1.59. The first kappa shape index (κ1) is 20.6. The van der Waals surface area contributed by atoms with Gasteiger partial charge in [0.05, 0.1) is 6.04 Å². The molecule has 0 amide bonds. The number of pyridine rings is 1. The van der Waals surface area contributed by atoms with Gasteiger partial charge in [-0.1, -0.05) is 26.2 Å². The van der Waals surface area contributed by atoms with Crippen LogP contribution in [0.2, 0.25) is 0 Å². The third-order valence-corrected chi connectivity index (χ3v) is 7.28. The van der Waals surface area contributed by atoms with Crippen LogP contribution in [-0.2, 0) is 24.1 Å². The van der Waals surface area contributed by atoms with E-state index >= 15 is 0 Å². The third kappa shape index (κ3) is 5.04. The van der Waals surface area contributed by atoms with Gasteiger partial charge in [-0.3, -0.25) is 4.98 Å². The maximum Gasteiger partial charge on any atom is 0.337 e. The van der Waals surface area contributed by atoms with Gasteiger partial charge >= 0.3 is 5.97 Å². The van der Waals surface area contributed by atoms with E-state index in [1.165, 1.54) is 31.2 Å². The summed E-state index contributed by atoms with van der Waals surface area (Å²) in [6.45, 7) is 2.07. The van der Waals surface area contributed by atoms with E-state index in [1.54, 1.807) is 18.0 Å². The van der Waals surface area contributed by atoms with Crippen LogP contribution in [-0.4, -0.2) is 44.3 Å². The average Bonchev–Trinajstić information content (AvgIpc) is 3.37. The Morgan fingerprint density at radius 3 is 2.78 bits per heavy atom. The predicted octanol–water partition coefficient (Wildman–Crippen LogP) is 2.82. The Hall–Kier alpha value is -1.11. The molecule has 4 N–H and O–H groups in total. The van der Waals surface area contributed by atoms with E-state index in [2.05, 4.69) is 11.9 Å². The molecule has 6 heteroatoms. The highest BCUT2D eigenvalue weighted by Gasteiger charge is 2.44. The molecule has 0 bridgehead atoms. The Balaban J connectivity index is 1.70. The summed E-state index contributed by atoms with van der Waals surface area (Å²) in [5.41, 5.74) is 7.27. The van der Waals surface area contributed by atoms with Crippen LogP contribution in [0.15, 0.2) is 12.3 Å². The van der Waals surface area contributed by atoms with Crippen LogP contribution in [0, 0.1) is 11.8 Å². The van der Waals surface area contributed by atoms with E-state index in [0.29, 0.717) is 17.4 Å². The van der Waals surface area contributed by atoms with Gasteiger partial charge in [0.25, 0.3) is 0 Å². The maximum atomic E-state index is 11.9. The summed E-state index contributed by atoms with van der Waals surface area (Å²) in [6.07, 6.45) is 10.0. The van der Waals surface area contributed by atoms with E-state index in [0.717, 1.165) is 36.5 Å². The maximum absolute atomic E-state index is 11.9. The fourth-order valence-corrected chi connectivity index (χ4v) is 5.03. The number of carboxylic acids is 1. The fourth-order valence-electron chi connectivity index (χ4n) is 4.04. The minimum Gasteiger partial charge on any atom is -0.479 e. The van der Waals surface area contributed by atoms with Crippen molar-refractivity contribution < 1.29 is 15.0 Å². The van der Waals surface area contributed by atoms with Gasteiger partial charge in [0.2, 0.25) is 0 Å². The van der Waals surface area contributed by atoms with Crippen LogP contribution < -0.4 is 5.73 Å². The SMILES string of the molecule is CCCSC[C@H](N)C(O)(Cc1nccc2c1C[C@H](CCC1CC1)C2)C(=O)O. The number of hydrogen-bond acceptors (Lipinski definition) is 5. The number of carbonyl (C=O) groups is 1. The highest BCUT2D eigenvalue weighted by atomic mass is 32.2. The Morgan fingerprint density at radius 1 is 1.37 bits per heavy atom. The van der Waals surface area contributed by atoms with Crippen LogP contribution in [0.5, 0.6) is 0 Å². The van der Waals surface area contributed by atoms with E-state index in [9.17, 15) is 15.0 Å². The molecule has 27 heavy (non-hydrogen) atoms. The van der Waals surface area contributed by atoms with Crippen molar-refractivity contribution in [2.75, 3.05) is 11.5 Å². The molecule has 5 nitrogen and oxygen atoms in total. The Morgan fingerprint density at radius 2 is 2.11 bits per heavy atom. The van der Waals surface area contributed by atoms with Crippen molar-refractivity contribution in [3.63, 3.8) is 0 Å². The number of nitrogens with two attached hydrogens (primary N) is 1. The van der Waals surface area contributed by atoms with Crippen molar-refractivity contribution in [3.05, 3.63) is 29.1 Å². The number of carboxylic acid groups (broad SMARTS) is 1. The first-order chi connectivity index (χ1) is 12.9. The molecule has 1 unspecified atom stereocenters. The number of fused-ring (bicyclic) bond motifs is 1. The van der Waals surface area contributed by atoms with Gasteiger partial charge in [-0.15, -0.1) is 0 Å². The second kappa shape index (κ2) is 8.93. The molecule has 2 aliphatic carbocycles. The monoisotopic (exact) mass is 392 g/mol. The number of aromatic nitrogens is 1. The van der Waals surface area contributed by atoms with Gasteiger partial charge in [0.15, 0.2) is 5.60 Å². The summed E-state index contributed by atoms with van der Waals surface area (Å²) in [5.74, 6) is 1.63. The first-order valence-corrected chi connectivity index (χ1v) is 11.3. The Kier molecular flexibility index (Phi) is 6.82. The van der Waals surface area contributed by atoms with Gasteiger partial charge in [0.1, 0.15) is 0 Å². The summed E-state index contributed by atoms with van der Waals surface area (Å²) < 4.78 is 0. The minimum atomic E-state index is -1.98. The number of rotatable bonds is 11. The van der Waals surface area contributed by atoms with Crippen molar-refractivity contribution in [2.24, 2.45) is 17.6 Å². The molecule has 1 aromatic heterocycles. The largest absolute Gasteiger partial charge is 0.479 e. The highest BCUT2D eigenvalue weighted by Crippen LogP contribution is 2.38. The van der Waals surface area contributed by atoms with Crippen LogP contribution in [0.1, 0.15) is 55.8 Å². The smallest absolute Gasteiger partial charge is 0.337 e. The van der Waals surface area contributed by atoms with Crippen molar-refractivity contribution in [1.29, 1.82) is 0 Å². The normalized spacial score (nSPS) is 22.3.